The first-order chi connectivity index (χ1) is 14.8. The van der Waals surface area contributed by atoms with Gasteiger partial charge in [0.05, 0.1) is 14.2 Å². The van der Waals surface area contributed by atoms with Crippen molar-refractivity contribution in [1.82, 2.24) is 0 Å². The molecule has 0 radical (unpaired) electrons. The number of hydrogen-bond acceptors (Lipinski definition) is 5. The maximum atomic E-state index is 14.1. The summed E-state index contributed by atoms with van der Waals surface area (Å²) in [6.45, 7) is 0. The molecule has 3 aromatic carbocycles. The molecule has 0 amide bonds. The Morgan fingerprint density at radius 2 is 1.39 bits per heavy atom. The highest BCUT2D eigenvalue weighted by atomic mass is 19.2. The van der Waals surface area contributed by atoms with Gasteiger partial charge in [0.2, 0.25) is 5.82 Å². The molecule has 3 aromatic rings. The van der Waals surface area contributed by atoms with Crippen molar-refractivity contribution in [3.8, 4) is 17.2 Å². The number of halogens is 3. The number of ether oxygens (including phenoxy) is 3. The van der Waals surface area contributed by atoms with Gasteiger partial charge < -0.3 is 19.1 Å². The molecule has 4 rings (SSSR count). The SMILES string of the molecule is COc1ccc2c(c1)C(C(=O)Oc1ccc(F)c(F)c1F)c1cc(OC)ccc1N2C. The second-order valence-electron chi connectivity index (χ2n) is 6.94. The summed E-state index contributed by atoms with van der Waals surface area (Å²) in [5.74, 6) is -6.18. The predicted octanol–water partition coefficient (Wildman–Crippen LogP) is 4.94. The fourth-order valence-electron chi connectivity index (χ4n) is 3.70. The Bertz CT molecular complexity index is 1130. The van der Waals surface area contributed by atoms with Gasteiger partial charge in [-0.3, -0.25) is 4.79 Å². The van der Waals surface area contributed by atoms with Crippen molar-refractivity contribution in [3.63, 3.8) is 0 Å². The van der Waals surface area contributed by atoms with Crippen LogP contribution in [0.3, 0.4) is 0 Å². The highest BCUT2D eigenvalue weighted by Crippen LogP contribution is 2.47. The van der Waals surface area contributed by atoms with Crippen molar-refractivity contribution in [2.24, 2.45) is 0 Å². The van der Waals surface area contributed by atoms with Crippen LogP contribution < -0.4 is 19.1 Å². The summed E-state index contributed by atoms with van der Waals surface area (Å²) in [4.78, 5) is 15.1. The molecule has 31 heavy (non-hydrogen) atoms. The number of carbonyl (C=O) groups excluding carboxylic acids is 1. The minimum absolute atomic E-state index is 0.510. The number of fused-ring (bicyclic) bond motifs is 2. The average Bonchev–Trinajstić information content (AvgIpc) is 2.78. The number of nitrogens with zero attached hydrogens (tertiary/aromatic N) is 1. The van der Waals surface area contributed by atoms with Crippen LogP contribution in [0.1, 0.15) is 17.0 Å². The van der Waals surface area contributed by atoms with E-state index < -0.39 is 35.1 Å². The second kappa shape index (κ2) is 7.86. The summed E-state index contributed by atoms with van der Waals surface area (Å²) in [7, 11) is 4.83. The molecule has 0 aromatic heterocycles. The molecule has 0 bridgehead atoms. The molecule has 0 atom stereocenters. The molecule has 1 aliphatic rings. The van der Waals surface area contributed by atoms with Crippen molar-refractivity contribution in [3.05, 3.63) is 77.1 Å². The molecule has 1 heterocycles. The number of esters is 1. The third kappa shape index (κ3) is 3.43. The third-order valence-corrected chi connectivity index (χ3v) is 5.26. The van der Waals surface area contributed by atoms with E-state index in [9.17, 15) is 18.0 Å². The quantitative estimate of drug-likeness (QED) is 0.334. The molecule has 0 spiro atoms. The summed E-state index contributed by atoms with van der Waals surface area (Å²) in [6, 6.07) is 12.0. The Morgan fingerprint density at radius 3 is 1.90 bits per heavy atom. The van der Waals surface area contributed by atoms with Crippen LogP contribution in [0.4, 0.5) is 24.5 Å². The lowest BCUT2D eigenvalue weighted by atomic mass is 9.84. The van der Waals surface area contributed by atoms with Gasteiger partial charge in [-0.05, 0) is 59.7 Å². The molecule has 0 unspecified atom stereocenters. The number of carbonyl (C=O) groups is 1. The van der Waals surface area contributed by atoms with Crippen LogP contribution in [0.2, 0.25) is 0 Å². The van der Waals surface area contributed by atoms with E-state index in [1.807, 2.05) is 11.9 Å². The highest BCUT2D eigenvalue weighted by molar-refractivity contribution is 5.92. The lowest BCUT2D eigenvalue weighted by Gasteiger charge is -2.34. The van der Waals surface area contributed by atoms with Gasteiger partial charge in [-0.1, -0.05) is 0 Å². The number of anilines is 2. The first kappa shape index (κ1) is 20.6. The molecule has 0 N–H and O–H groups in total. The van der Waals surface area contributed by atoms with Crippen LogP contribution in [-0.4, -0.2) is 27.2 Å². The summed E-state index contributed by atoms with van der Waals surface area (Å²) in [5.41, 5.74) is 2.53. The zero-order chi connectivity index (χ0) is 22.3. The van der Waals surface area contributed by atoms with Crippen molar-refractivity contribution >= 4 is 17.3 Å². The fourth-order valence-corrected chi connectivity index (χ4v) is 3.70. The van der Waals surface area contributed by atoms with Gasteiger partial charge in [-0.25, -0.2) is 8.78 Å². The van der Waals surface area contributed by atoms with Gasteiger partial charge in [0.15, 0.2) is 17.4 Å². The van der Waals surface area contributed by atoms with Crippen LogP contribution in [0.15, 0.2) is 48.5 Å². The first-order valence-corrected chi connectivity index (χ1v) is 9.30. The Balaban J connectivity index is 1.85. The van der Waals surface area contributed by atoms with Crippen molar-refractivity contribution in [2.75, 3.05) is 26.2 Å². The van der Waals surface area contributed by atoms with E-state index in [1.54, 1.807) is 36.4 Å². The molecule has 0 saturated heterocycles. The van der Waals surface area contributed by atoms with Crippen molar-refractivity contribution in [1.29, 1.82) is 0 Å². The van der Waals surface area contributed by atoms with Crippen LogP contribution in [-0.2, 0) is 4.79 Å². The van der Waals surface area contributed by atoms with E-state index in [1.165, 1.54) is 14.2 Å². The van der Waals surface area contributed by atoms with E-state index in [2.05, 4.69) is 0 Å². The minimum Gasteiger partial charge on any atom is -0.497 e. The van der Waals surface area contributed by atoms with Crippen molar-refractivity contribution in [2.45, 2.75) is 5.92 Å². The third-order valence-electron chi connectivity index (χ3n) is 5.26. The summed E-state index contributed by atoms with van der Waals surface area (Å²) >= 11 is 0. The standard InChI is InChI=1S/C23H18F3NO4/c1-27-17-7-4-12(29-2)10-14(17)20(15-11-13(30-3)5-8-18(15)27)23(28)31-19-9-6-16(24)21(25)22(19)26/h4-11,20H,1-3H3. The number of benzene rings is 3. The van der Waals surface area contributed by atoms with Crippen molar-refractivity contribution < 1.29 is 32.2 Å². The molecule has 160 valence electrons. The first-order valence-electron chi connectivity index (χ1n) is 9.30. The summed E-state index contributed by atoms with van der Waals surface area (Å²) in [6.07, 6.45) is 0. The molecule has 0 aliphatic carbocycles. The molecule has 1 aliphatic heterocycles. The topological polar surface area (TPSA) is 48.0 Å². The Hall–Kier alpha value is -3.68. The summed E-state index contributed by atoms with van der Waals surface area (Å²) < 4.78 is 56.8. The lowest BCUT2D eigenvalue weighted by molar-refractivity contribution is -0.135. The number of hydrogen-bond donors (Lipinski definition) is 0. The number of rotatable bonds is 4. The van der Waals surface area contributed by atoms with Gasteiger partial charge in [-0.15, -0.1) is 0 Å². The predicted molar refractivity (Wildman–Crippen MR) is 108 cm³/mol. The average molecular weight is 429 g/mol. The van der Waals surface area contributed by atoms with Crippen LogP contribution in [0, 0.1) is 17.5 Å². The lowest BCUT2D eigenvalue weighted by Crippen LogP contribution is -2.29. The van der Waals surface area contributed by atoms with E-state index in [-0.39, 0.29) is 0 Å². The maximum absolute atomic E-state index is 14.1. The van der Waals surface area contributed by atoms with Crippen LogP contribution in [0.5, 0.6) is 17.2 Å². The fraction of sp³-hybridized carbons (Fsp3) is 0.174. The summed E-state index contributed by atoms with van der Waals surface area (Å²) in [5, 5.41) is 0. The minimum atomic E-state index is -1.71. The van der Waals surface area contributed by atoms with Gasteiger partial charge in [0, 0.05) is 18.4 Å². The second-order valence-corrected chi connectivity index (χ2v) is 6.94. The monoisotopic (exact) mass is 429 g/mol. The largest absolute Gasteiger partial charge is 0.497 e. The molecule has 0 fully saturated rings. The van der Waals surface area contributed by atoms with E-state index in [0.717, 1.165) is 6.07 Å². The zero-order valence-electron chi connectivity index (χ0n) is 16.9. The van der Waals surface area contributed by atoms with Gasteiger partial charge in [-0.2, -0.15) is 4.39 Å². The van der Waals surface area contributed by atoms with E-state index >= 15 is 0 Å². The zero-order valence-corrected chi connectivity index (χ0v) is 16.9. The molecule has 5 nitrogen and oxygen atoms in total. The smallest absolute Gasteiger partial charge is 0.323 e. The van der Waals surface area contributed by atoms with Gasteiger partial charge in [0.25, 0.3) is 0 Å². The maximum Gasteiger partial charge on any atom is 0.323 e. The molecular formula is C23H18F3NO4. The Kier molecular flexibility index (Phi) is 5.22. The van der Waals surface area contributed by atoms with E-state index in [0.29, 0.717) is 40.1 Å². The molecule has 0 saturated carbocycles. The number of methoxy groups -OCH3 is 2. The normalized spacial score (nSPS) is 12.8. The Morgan fingerprint density at radius 1 is 0.839 bits per heavy atom. The van der Waals surface area contributed by atoms with Gasteiger partial charge in [0.1, 0.15) is 17.4 Å². The van der Waals surface area contributed by atoms with Crippen LogP contribution in [0.25, 0.3) is 0 Å². The Labute approximate surface area is 176 Å². The molecule has 8 heteroatoms. The van der Waals surface area contributed by atoms with Gasteiger partial charge >= 0.3 is 5.97 Å². The highest BCUT2D eigenvalue weighted by Gasteiger charge is 2.36. The van der Waals surface area contributed by atoms with Crippen LogP contribution >= 0.6 is 0 Å². The van der Waals surface area contributed by atoms with E-state index in [4.69, 9.17) is 14.2 Å². The molecular weight excluding hydrogens is 411 g/mol.